The maximum atomic E-state index is 13.3. The molecule has 6 heteroatoms. The molecular weight excluding hydrogens is 291 g/mol. The Morgan fingerprint density at radius 3 is 2.76 bits per heavy atom. The lowest BCUT2D eigenvalue weighted by Crippen LogP contribution is -2.26. The van der Waals surface area contributed by atoms with Gasteiger partial charge in [-0.1, -0.05) is 6.07 Å². The van der Waals surface area contributed by atoms with Crippen molar-refractivity contribution < 1.29 is 12.8 Å². The third-order valence-electron chi connectivity index (χ3n) is 3.62. The number of fused-ring (bicyclic) bond motifs is 1. The number of benzene rings is 2. The highest BCUT2D eigenvalue weighted by Gasteiger charge is 2.23. The lowest BCUT2D eigenvalue weighted by Gasteiger charge is -2.20. The Labute approximate surface area is 123 Å². The molecule has 0 radical (unpaired) electrons. The summed E-state index contributed by atoms with van der Waals surface area (Å²) < 4.78 is 39.6. The largest absolute Gasteiger partial charge is 0.384 e. The van der Waals surface area contributed by atoms with Crippen LogP contribution >= 0.6 is 0 Å². The second-order valence-corrected chi connectivity index (χ2v) is 6.92. The topological polar surface area (TPSA) is 49.4 Å². The second-order valence-electron chi connectivity index (χ2n) is 4.95. The average molecular weight is 306 g/mol. The van der Waals surface area contributed by atoms with Crippen LogP contribution in [-0.2, 0) is 16.4 Å². The normalized spacial score (nSPS) is 13.6. The number of rotatable bonds is 3. The standard InChI is InChI=1S/C15H15FN2O2S/c1-18(13-4-2-3-12(16)10-13)21(19,20)14-5-6-15-11(9-14)7-8-17-15/h2-6,9-10,17H,7-8H2,1H3. The summed E-state index contributed by atoms with van der Waals surface area (Å²) in [6.07, 6.45) is 0.808. The van der Waals surface area contributed by atoms with E-state index >= 15 is 0 Å². The van der Waals surface area contributed by atoms with Crippen LogP contribution in [0.2, 0.25) is 0 Å². The lowest BCUT2D eigenvalue weighted by molar-refractivity contribution is 0.594. The number of anilines is 2. The number of nitrogens with one attached hydrogen (secondary N) is 1. The first-order valence-electron chi connectivity index (χ1n) is 6.60. The van der Waals surface area contributed by atoms with Gasteiger partial charge < -0.3 is 5.32 Å². The van der Waals surface area contributed by atoms with Gasteiger partial charge in [0.25, 0.3) is 10.0 Å². The number of sulfonamides is 1. The SMILES string of the molecule is CN(c1cccc(F)c1)S(=O)(=O)c1ccc2c(c1)CCN2. The summed E-state index contributed by atoms with van der Waals surface area (Å²) in [5.74, 6) is -0.465. The van der Waals surface area contributed by atoms with Gasteiger partial charge in [-0.25, -0.2) is 12.8 Å². The Kier molecular flexibility index (Phi) is 3.33. The third kappa shape index (κ3) is 2.47. The summed E-state index contributed by atoms with van der Waals surface area (Å²) in [7, 11) is -2.27. The zero-order chi connectivity index (χ0) is 15.0. The molecule has 2 aromatic rings. The van der Waals surface area contributed by atoms with E-state index in [1.807, 2.05) is 0 Å². The zero-order valence-electron chi connectivity index (χ0n) is 11.5. The minimum atomic E-state index is -3.69. The summed E-state index contributed by atoms with van der Waals surface area (Å²) in [4.78, 5) is 0.219. The van der Waals surface area contributed by atoms with Gasteiger partial charge in [-0.15, -0.1) is 0 Å². The van der Waals surface area contributed by atoms with E-state index in [1.165, 1.54) is 25.2 Å². The van der Waals surface area contributed by atoms with E-state index < -0.39 is 15.8 Å². The quantitative estimate of drug-likeness (QED) is 0.948. The molecule has 4 nitrogen and oxygen atoms in total. The number of nitrogens with zero attached hydrogens (tertiary/aromatic N) is 1. The van der Waals surface area contributed by atoms with Gasteiger partial charge in [0.2, 0.25) is 0 Å². The molecule has 0 atom stereocenters. The fourth-order valence-corrected chi connectivity index (χ4v) is 3.65. The van der Waals surface area contributed by atoms with E-state index in [0.29, 0.717) is 5.69 Å². The van der Waals surface area contributed by atoms with Gasteiger partial charge in [0, 0.05) is 19.3 Å². The Bertz CT molecular complexity index is 790. The highest BCUT2D eigenvalue weighted by Crippen LogP contribution is 2.28. The Morgan fingerprint density at radius 1 is 1.19 bits per heavy atom. The highest BCUT2D eigenvalue weighted by atomic mass is 32.2. The van der Waals surface area contributed by atoms with Crippen molar-refractivity contribution in [3.63, 3.8) is 0 Å². The van der Waals surface area contributed by atoms with E-state index in [1.54, 1.807) is 24.3 Å². The molecule has 1 aliphatic heterocycles. The molecule has 1 N–H and O–H groups in total. The monoisotopic (exact) mass is 306 g/mol. The predicted molar refractivity (Wildman–Crippen MR) is 80.6 cm³/mol. The second kappa shape index (κ2) is 5.04. The molecule has 1 heterocycles. The van der Waals surface area contributed by atoms with E-state index in [2.05, 4.69) is 5.32 Å². The average Bonchev–Trinajstić information content (AvgIpc) is 2.93. The van der Waals surface area contributed by atoms with E-state index in [4.69, 9.17) is 0 Å². The molecule has 0 amide bonds. The Morgan fingerprint density at radius 2 is 2.00 bits per heavy atom. The first-order chi connectivity index (χ1) is 9.98. The number of hydrogen-bond acceptors (Lipinski definition) is 3. The minimum absolute atomic E-state index is 0.219. The summed E-state index contributed by atoms with van der Waals surface area (Å²) in [6.45, 7) is 0.818. The lowest BCUT2D eigenvalue weighted by atomic mass is 10.2. The van der Waals surface area contributed by atoms with Crippen molar-refractivity contribution in [2.24, 2.45) is 0 Å². The van der Waals surface area contributed by atoms with Crippen LogP contribution in [0.1, 0.15) is 5.56 Å². The van der Waals surface area contributed by atoms with Crippen LogP contribution in [0.4, 0.5) is 15.8 Å². The van der Waals surface area contributed by atoms with Gasteiger partial charge in [0.05, 0.1) is 10.6 Å². The minimum Gasteiger partial charge on any atom is -0.384 e. The molecule has 3 rings (SSSR count). The van der Waals surface area contributed by atoms with Crippen LogP contribution < -0.4 is 9.62 Å². The van der Waals surface area contributed by atoms with Crippen LogP contribution in [0.3, 0.4) is 0 Å². The molecular formula is C15H15FN2O2S. The van der Waals surface area contributed by atoms with E-state index in [9.17, 15) is 12.8 Å². The maximum Gasteiger partial charge on any atom is 0.264 e. The summed E-state index contributed by atoms with van der Waals surface area (Å²) in [6, 6.07) is 10.6. The molecule has 0 saturated carbocycles. The van der Waals surface area contributed by atoms with Gasteiger partial charge >= 0.3 is 0 Å². The molecule has 0 aliphatic carbocycles. The first-order valence-corrected chi connectivity index (χ1v) is 8.04. The molecule has 0 bridgehead atoms. The fraction of sp³-hybridized carbons (Fsp3) is 0.200. The first kappa shape index (κ1) is 13.9. The number of halogens is 1. The van der Waals surface area contributed by atoms with Gasteiger partial charge in [-0.2, -0.15) is 0 Å². The maximum absolute atomic E-state index is 13.3. The molecule has 21 heavy (non-hydrogen) atoms. The summed E-state index contributed by atoms with van der Waals surface area (Å²) in [5.41, 5.74) is 2.26. The Balaban J connectivity index is 2.00. The van der Waals surface area contributed by atoms with Crippen molar-refractivity contribution in [1.29, 1.82) is 0 Å². The van der Waals surface area contributed by atoms with Gasteiger partial charge in [0.15, 0.2) is 0 Å². The molecule has 110 valence electrons. The Hall–Kier alpha value is -2.08. The van der Waals surface area contributed by atoms with Crippen LogP contribution in [0, 0.1) is 5.82 Å². The van der Waals surface area contributed by atoms with Crippen LogP contribution in [0.25, 0.3) is 0 Å². The van der Waals surface area contributed by atoms with Gasteiger partial charge in [0.1, 0.15) is 5.82 Å². The van der Waals surface area contributed by atoms with Crippen molar-refractivity contribution >= 4 is 21.4 Å². The molecule has 0 unspecified atom stereocenters. The summed E-state index contributed by atoms with van der Waals surface area (Å²) in [5, 5.41) is 3.19. The molecule has 0 aromatic heterocycles. The van der Waals surface area contributed by atoms with Crippen molar-refractivity contribution in [2.45, 2.75) is 11.3 Å². The third-order valence-corrected chi connectivity index (χ3v) is 5.40. The molecule has 0 saturated heterocycles. The van der Waals surface area contributed by atoms with Crippen LogP contribution in [-0.4, -0.2) is 22.0 Å². The van der Waals surface area contributed by atoms with E-state index in [0.717, 1.165) is 28.5 Å². The van der Waals surface area contributed by atoms with Crippen molar-refractivity contribution in [1.82, 2.24) is 0 Å². The van der Waals surface area contributed by atoms with Gasteiger partial charge in [-0.05, 0) is 48.4 Å². The smallest absolute Gasteiger partial charge is 0.264 e. The van der Waals surface area contributed by atoms with Crippen molar-refractivity contribution in [3.8, 4) is 0 Å². The fourth-order valence-electron chi connectivity index (χ4n) is 2.41. The number of hydrogen-bond donors (Lipinski definition) is 1. The highest BCUT2D eigenvalue weighted by molar-refractivity contribution is 7.92. The molecule has 0 spiro atoms. The molecule has 0 fully saturated rings. The van der Waals surface area contributed by atoms with Crippen molar-refractivity contribution in [3.05, 3.63) is 53.8 Å². The van der Waals surface area contributed by atoms with Crippen molar-refractivity contribution in [2.75, 3.05) is 23.2 Å². The predicted octanol–water partition coefficient (Wildman–Crippen LogP) is 2.62. The van der Waals surface area contributed by atoms with E-state index in [-0.39, 0.29) is 4.90 Å². The summed E-state index contributed by atoms with van der Waals surface area (Å²) >= 11 is 0. The van der Waals surface area contributed by atoms with Gasteiger partial charge in [-0.3, -0.25) is 4.31 Å². The molecule has 1 aliphatic rings. The molecule has 2 aromatic carbocycles. The van der Waals surface area contributed by atoms with Crippen LogP contribution in [0.5, 0.6) is 0 Å². The van der Waals surface area contributed by atoms with Crippen LogP contribution in [0.15, 0.2) is 47.4 Å². The zero-order valence-corrected chi connectivity index (χ0v) is 12.3.